The highest BCUT2D eigenvalue weighted by molar-refractivity contribution is 6.01. The minimum Gasteiger partial charge on any atom is -0.462 e. The number of fused-ring (bicyclic) bond motifs is 6. The van der Waals surface area contributed by atoms with Gasteiger partial charge in [0.15, 0.2) is 5.78 Å². The summed E-state index contributed by atoms with van der Waals surface area (Å²) >= 11 is 0. The predicted octanol–water partition coefficient (Wildman–Crippen LogP) is 4.06. The van der Waals surface area contributed by atoms with Gasteiger partial charge in [-0.05, 0) is 64.0 Å². The van der Waals surface area contributed by atoms with Gasteiger partial charge in [-0.3, -0.25) is 14.4 Å². The summed E-state index contributed by atoms with van der Waals surface area (Å²) in [6.07, 6.45) is 7.07. The summed E-state index contributed by atoms with van der Waals surface area (Å²) in [7, 11) is 0. The molecule has 8 nitrogen and oxygen atoms in total. The molecule has 4 fully saturated rings. The molecule has 8 heteroatoms. The van der Waals surface area contributed by atoms with Crippen molar-refractivity contribution in [2.24, 2.45) is 34.5 Å². The van der Waals surface area contributed by atoms with Crippen LogP contribution in [0.4, 0.5) is 0 Å². The van der Waals surface area contributed by atoms with Gasteiger partial charge in [0.05, 0.1) is 17.8 Å². The maximum Gasteiger partial charge on any atom is 0.303 e. The van der Waals surface area contributed by atoms with Crippen molar-refractivity contribution >= 4 is 17.7 Å². The van der Waals surface area contributed by atoms with Crippen LogP contribution >= 0.6 is 0 Å². The molecule has 1 saturated heterocycles. The van der Waals surface area contributed by atoms with Gasteiger partial charge in [0.2, 0.25) is 0 Å². The SMILES string of the molecule is CC(=O)O[C@@H]1CC2=CC(=O)C=C[C@]2(C)[C@@H]2CC[C@@]3(C)[C@@H](C[C@H](O)[C@@]34O[C@H](C[C@@](C)(OC(C)=O)C(C)(C)O)[C@H]4C)[C@H]21. The molecule has 5 rings (SSSR count). The summed E-state index contributed by atoms with van der Waals surface area (Å²) in [5.74, 6) is -0.669. The molecular weight excluding hydrogens is 512 g/mol. The number of rotatable bonds is 5. The smallest absolute Gasteiger partial charge is 0.303 e. The fourth-order valence-electron chi connectivity index (χ4n) is 9.56. The Balaban J connectivity index is 1.47. The van der Waals surface area contributed by atoms with E-state index in [9.17, 15) is 24.6 Å². The van der Waals surface area contributed by atoms with Crippen molar-refractivity contribution in [1.82, 2.24) is 0 Å². The van der Waals surface area contributed by atoms with Crippen LogP contribution in [0.25, 0.3) is 0 Å². The molecule has 0 unspecified atom stereocenters. The van der Waals surface area contributed by atoms with E-state index in [1.807, 2.05) is 6.08 Å². The van der Waals surface area contributed by atoms with Crippen molar-refractivity contribution in [2.45, 2.75) is 123 Å². The Hall–Kier alpha value is -2.03. The van der Waals surface area contributed by atoms with E-state index in [0.717, 1.165) is 18.4 Å². The third-order valence-corrected chi connectivity index (χ3v) is 12.0. The molecule has 5 aliphatic rings. The first-order valence-electron chi connectivity index (χ1n) is 14.8. The number of allylic oxidation sites excluding steroid dienone is 3. The number of carbonyl (C=O) groups excluding carboxylic acids is 3. The molecule has 1 spiro atoms. The van der Waals surface area contributed by atoms with Crippen molar-refractivity contribution in [3.8, 4) is 0 Å². The highest BCUT2D eigenvalue weighted by atomic mass is 16.6. The zero-order chi connectivity index (χ0) is 29.6. The van der Waals surface area contributed by atoms with Crippen LogP contribution in [0.15, 0.2) is 23.8 Å². The van der Waals surface area contributed by atoms with Crippen LogP contribution in [0.3, 0.4) is 0 Å². The summed E-state index contributed by atoms with van der Waals surface area (Å²) in [6.45, 7) is 14.3. The van der Waals surface area contributed by atoms with Crippen LogP contribution in [0, 0.1) is 34.5 Å². The summed E-state index contributed by atoms with van der Waals surface area (Å²) < 4.78 is 18.4. The lowest BCUT2D eigenvalue weighted by molar-refractivity contribution is -0.344. The normalized spacial score (nSPS) is 45.4. The van der Waals surface area contributed by atoms with Gasteiger partial charge >= 0.3 is 11.9 Å². The lowest BCUT2D eigenvalue weighted by Crippen LogP contribution is -2.72. The molecule has 222 valence electrons. The van der Waals surface area contributed by atoms with E-state index in [4.69, 9.17) is 14.2 Å². The lowest BCUT2D eigenvalue weighted by atomic mass is 9.45. The molecule has 40 heavy (non-hydrogen) atoms. The molecule has 0 aromatic heterocycles. The van der Waals surface area contributed by atoms with Crippen molar-refractivity contribution in [1.29, 1.82) is 0 Å². The molecule has 11 atom stereocenters. The molecule has 2 N–H and O–H groups in total. The van der Waals surface area contributed by atoms with Crippen LogP contribution in [0.2, 0.25) is 0 Å². The lowest BCUT2D eigenvalue weighted by Gasteiger charge is -2.66. The van der Waals surface area contributed by atoms with Gasteiger partial charge in [-0.15, -0.1) is 0 Å². The number of aliphatic hydroxyl groups excluding tert-OH is 1. The Labute approximate surface area is 237 Å². The predicted molar refractivity (Wildman–Crippen MR) is 147 cm³/mol. The summed E-state index contributed by atoms with van der Waals surface area (Å²) in [5, 5.41) is 22.6. The fourth-order valence-corrected chi connectivity index (χ4v) is 9.56. The average molecular weight is 559 g/mol. The topological polar surface area (TPSA) is 119 Å². The Morgan fingerprint density at radius 3 is 2.40 bits per heavy atom. The fraction of sp³-hybridized carbons (Fsp3) is 0.781. The maximum absolute atomic E-state index is 12.3. The van der Waals surface area contributed by atoms with Crippen molar-refractivity contribution in [2.75, 3.05) is 0 Å². The van der Waals surface area contributed by atoms with Gasteiger partial charge in [-0.2, -0.15) is 0 Å². The zero-order valence-electron chi connectivity index (χ0n) is 25.2. The monoisotopic (exact) mass is 558 g/mol. The van der Waals surface area contributed by atoms with Gasteiger partial charge in [0.1, 0.15) is 17.3 Å². The number of ether oxygens (including phenoxy) is 3. The van der Waals surface area contributed by atoms with Crippen LogP contribution in [0.5, 0.6) is 0 Å². The summed E-state index contributed by atoms with van der Waals surface area (Å²) in [4.78, 5) is 36.5. The first kappa shape index (κ1) is 29.5. The molecule has 1 heterocycles. The van der Waals surface area contributed by atoms with Gasteiger partial charge in [0, 0.05) is 49.4 Å². The number of esters is 2. The second-order valence-corrected chi connectivity index (χ2v) is 14.4. The van der Waals surface area contributed by atoms with E-state index in [1.165, 1.54) is 13.8 Å². The van der Waals surface area contributed by atoms with Crippen LogP contribution in [-0.4, -0.2) is 63.0 Å². The van der Waals surface area contributed by atoms with Crippen molar-refractivity contribution in [3.63, 3.8) is 0 Å². The maximum atomic E-state index is 12.3. The van der Waals surface area contributed by atoms with Crippen molar-refractivity contribution in [3.05, 3.63) is 23.8 Å². The minimum atomic E-state index is -1.29. The second kappa shape index (κ2) is 9.23. The van der Waals surface area contributed by atoms with Gasteiger partial charge < -0.3 is 24.4 Å². The van der Waals surface area contributed by atoms with Crippen LogP contribution in [0.1, 0.15) is 87.5 Å². The zero-order valence-corrected chi connectivity index (χ0v) is 25.2. The number of carbonyl (C=O) groups is 3. The van der Waals surface area contributed by atoms with E-state index in [2.05, 4.69) is 20.8 Å². The Morgan fingerprint density at radius 1 is 1.15 bits per heavy atom. The molecular formula is C32H46O8. The third-order valence-electron chi connectivity index (χ3n) is 12.0. The van der Waals surface area contributed by atoms with Gasteiger partial charge in [0.25, 0.3) is 0 Å². The van der Waals surface area contributed by atoms with E-state index in [-0.39, 0.29) is 58.5 Å². The Morgan fingerprint density at radius 2 is 1.82 bits per heavy atom. The number of hydrogen-bond acceptors (Lipinski definition) is 8. The first-order chi connectivity index (χ1) is 18.4. The third kappa shape index (κ3) is 3.99. The molecule has 1 aliphatic heterocycles. The average Bonchev–Trinajstić information content (AvgIpc) is 3.06. The summed E-state index contributed by atoms with van der Waals surface area (Å²) in [5.41, 5.74) is -2.90. The first-order valence-corrected chi connectivity index (χ1v) is 14.8. The summed E-state index contributed by atoms with van der Waals surface area (Å²) in [6, 6.07) is 0. The number of aliphatic hydroxyl groups is 2. The minimum absolute atomic E-state index is 0.00853. The molecule has 0 bridgehead atoms. The number of ketones is 1. The van der Waals surface area contributed by atoms with E-state index >= 15 is 0 Å². The second-order valence-electron chi connectivity index (χ2n) is 14.4. The Kier molecular flexibility index (Phi) is 6.80. The van der Waals surface area contributed by atoms with Gasteiger partial charge in [-0.1, -0.05) is 32.4 Å². The molecule has 4 aliphatic carbocycles. The standard InChI is InChI=1S/C32H46O8/c1-17-25(16-31(8,28(4,5)37)39-19(3)34)40-32(17)26(36)15-23-27-22(10-12-30(23,32)7)29(6)11-9-21(35)13-20(29)14-24(27)38-18(2)33/h9,11,13,17,22-27,36-37H,10,12,14-16H2,1-8H3/t17-,22-,23+,24-,25-,26+,27+,29+,30+,31-,32-/m1/s1. The van der Waals surface area contributed by atoms with E-state index < -0.39 is 28.9 Å². The largest absolute Gasteiger partial charge is 0.462 e. The highest BCUT2D eigenvalue weighted by Gasteiger charge is 2.76. The molecule has 0 radical (unpaired) electrons. The quantitative estimate of drug-likeness (QED) is 0.485. The van der Waals surface area contributed by atoms with E-state index in [1.54, 1.807) is 32.9 Å². The molecule has 3 saturated carbocycles. The molecule has 0 aromatic rings. The molecule has 0 aromatic carbocycles. The highest BCUT2D eigenvalue weighted by Crippen LogP contribution is 2.72. The van der Waals surface area contributed by atoms with Crippen LogP contribution in [-0.2, 0) is 28.6 Å². The van der Waals surface area contributed by atoms with Crippen molar-refractivity contribution < 1.29 is 38.8 Å². The molecule has 0 amide bonds. The Bertz CT molecular complexity index is 1170. The van der Waals surface area contributed by atoms with Crippen LogP contribution < -0.4 is 0 Å². The van der Waals surface area contributed by atoms with E-state index in [0.29, 0.717) is 19.3 Å². The number of hydrogen-bond donors (Lipinski definition) is 2. The van der Waals surface area contributed by atoms with Gasteiger partial charge in [-0.25, -0.2) is 0 Å².